The van der Waals surface area contributed by atoms with Crippen molar-refractivity contribution in [3.05, 3.63) is 235 Å². The summed E-state index contributed by atoms with van der Waals surface area (Å²) in [6.45, 7) is 0. The van der Waals surface area contributed by atoms with Gasteiger partial charge in [-0.1, -0.05) is 170 Å². The largest absolute Gasteiger partial charge is 0.456 e. The Labute approximate surface area is 377 Å². The number of fused-ring (bicyclic) bond motifs is 10. The van der Waals surface area contributed by atoms with Crippen molar-refractivity contribution in [2.24, 2.45) is 0 Å². The van der Waals surface area contributed by atoms with E-state index in [0.29, 0.717) is 0 Å². The van der Waals surface area contributed by atoms with Gasteiger partial charge in [-0.15, -0.1) is 0 Å². The SMILES string of the molecule is c1ccc(-c2c3c(cc4oc5ccccc5c24)CCC(Cc2ccc(N(c4ccccc4)c4cccc5c4oc4ccccc45)cc2)c2cc(-c4cccc5ccccc45)ccc2-3)cc1. The first-order chi connectivity index (χ1) is 32.2. The van der Waals surface area contributed by atoms with E-state index in [0.717, 1.165) is 74.8 Å². The Balaban J connectivity index is 0.962. The van der Waals surface area contributed by atoms with Gasteiger partial charge in [0, 0.05) is 38.5 Å². The molecule has 1 unspecified atom stereocenters. The molecule has 0 saturated carbocycles. The molecule has 0 fully saturated rings. The number of para-hydroxylation sites is 4. The molecule has 13 rings (SSSR count). The van der Waals surface area contributed by atoms with Gasteiger partial charge in [-0.2, -0.15) is 0 Å². The summed E-state index contributed by atoms with van der Waals surface area (Å²) >= 11 is 0. The summed E-state index contributed by atoms with van der Waals surface area (Å²) in [6, 6.07) is 79.2. The number of furan rings is 2. The molecule has 0 amide bonds. The first-order valence-corrected chi connectivity index (χ1v) is 22.7. The summed E-state index contributed by atoms with van der Waals surface area (Å²) in [5, 5.41) is 7.10. The van der Waals surface area contributed by atoms with Gasteiger partial charge in [-0.3, -0.25) is 0 Å². The van der Waals surface area contributed by atoms with E-state index < -0.39 is 0 Å². The fraction of sp³-hybridized carbons (Fsp3) is 0.0645. The fourth-order valence-electron chi connectivity index (χ4n) is 10.8. The summed E-state index contributed by atoms with van der Waals surface area (Å²) < 4.78 is 13.3. The molecule has 10 aromatic carbocycles. The number of rotatable bonds is 7. The summed E-state index contributed by atoms with van der Waals surface area (Å²) in [7, 11) is 0. The third-order valence-corrected chi connectivity index (χ3v) is 13.8. The van der Waals surface area contributed by atoms with Crippen LogP contribution in [0.15, 0.2) is 227 Å². The van der Waals surface area contributed by atoms with Crippen molar-refractivity contribution in [3.63, 3.8) is 0 Å². The van der Waals surface area contributed by atoms with Crippen molar-refractivity contribution in [3.8, 4) is 33.4 Å². The molecule has 0 aliphatic heterocycles. The van der Waals surface area contributed by atoms with Crippen LogP contribution in [0, 0.1) is 0 Å². The summed E-state index contributed by atoms with van der Waals surface area (Å²) in [6.07, 6.45) is 2.85. The van der Waals surface area contributed by atoms with Crippen LogP contribution in [-0.4, -0.2) is 0 Å². The average molecular weight is 834 g/mol. The lowest BCUT2D eigenvalue weighted by Crippen LogP contribution is -2.10. The number of benzene rings is 10. The second-order valence-electron chi connectivity index (χ2n) is 17.5. The second kappa shape index (κ2) is 15.3. The van der Waals surface area contributed by atoms with Crippen LogP contribution in [0.4, 0.5) is 17.1 Å². The molecule has 3 heteroatoms. The molecule has 0 bridgehead atoms. The molecule has 3 nitrogen and oxygen atoms in total. The standard InChI is InChI=1S/C62H43NO2/c1-3-16-42(17-4-1)60-59-45(39-58-61(60)53-23-10-12-28-57(53)64-58)32-31-43(54-38-44(33-36-51(54)59)49-24-13-18-41-15-7-8-21-48(41)49)37-40-29-34-47(35-30-40)63(46-19-5-2-6-20-46)55-26-14-25-52-50-22-9-11-27-56(50)65-62(52)55/h1-30,33-36,38-39,43H,31-32,37H2. The molecule has 2 heterocycles. The van der Waals surface area contributed by atoms with Gasteiger partial charge in [-0.25, -0.2) is 0 Å². The highest BCUT2D eigenvalue weighted by molar-refractivity contribution is 6.17. The van der Waals surface area contributed by atoms with Crippen molar-refractivity contribution in [1.82, 2.24) is 0 Å². The molecule has 1 aliphatic rings. The maximum absolute atomic E-state index is 6.67. The van der Waals surface area contributed by atoms with Crippen molar-refractivity contribution in [2.45, 2.75) is 25.2 Å². The summed E-state index contributed by atoms with van der Waals surface area (Å²) in [5.41, 5.74) is 18.5. The summed E-state index contributed by atoms with van der Waals surface area (Å²) in [4.78, 5) is 2.33. The minimum Gasteiger partial charge on any atom is -0.456 e. The first kappa shape index (κ1) is 37.4. The Morgan fingerprint density at radius 2 is 1.11 bits per heavy atom. The van der Waals surface area contributed by atoms with Crippen LogP contribution >= 0.6 is 0 Å². The van der Waals surface area contributed by atoms with Gasteiger partial charge in [0.15, 0.2) is 5.58 Å². The Morgan fingerprint density at radius 1 is 0.446 bits per heavy atom. The number of hydrogen-bond donors (Lipinski definition) is 0. The van der Waals surface area contributed by atoms with Crippen molar-refractivity contribution in [1.29, 1.82) is 0 Å². The van der Waals surface area contributed by atoms with Crippen LogP contribution in [-0.2, 0) is 12.8 Å². The van der Waals surface area contributed by atoms with Gasteiger partial charge >= 0.3 is 0 Å². The number of aryl methyl sites for hydroxylation is 1. The Kier molecular flexibility index (Phi) is 8.80. The van der Waals surface area contributed by atoms with Crippen LogP contribution in [0.25, 0.3) is 88.0 Å². The molecule has 0 N–H and O–H groups in total. The quantitative estimate of drug-likeness (QED) is 0.160. The fourth-order valence-corrected chi connectivity index (χ4v) is 10.8. The third-order valence-electron chi connectivity index (χ3n) is 13.8. The van der Waals surface area contributed by atoms with Gasteiger partial charge < -0.3 is 13.7 Å². The van der Waals surface area contributed by atoms with Crippen molar-refractivity contribution in [2.75, 3.05) is 4.90 Å². The zero-order chi connectivity index (χ0) is 42.8. The maximum atomic E-state index is 6.67. The highest BCUT2D eigenvalue weighted by Crippen LogP contribution is 2.51. The lowest BCUT2D eigenvalue weighted by Gasteiger charge is -2.26. The van der Waals surface area contributed by atoms with E-state index in [1.807, 2.05) is 6.07 Å². The van der Waals surface area contributed by atoms with Gasteiger partial charge in [0.05, 0.1) is 5.69 Å². The van der Waals surface area contributed by atoms with E-state index >= 15 is 0 Å². The first-order valence-electron chi connectivity index (χ1n) is 22.7. The number of nitrogens with zero attached hydrogens (tertiary/aromatic N) is 1. The van der Waals surface area contributed by atoms with Crippen LogP contribution in [0.3, 0.4) is 0 Å². The predicted octanol–water partition coefficient (Wildman–Crippen LogP) is 17.4. The Bertz CT molecular complexity index is 3740. The molecular formula is C62H43NO2. The molecule has 0 saturated heterocycles. The van der Waals surface area contributed by atoms with Gasteiger partial charge in [0.2, 0.25) is 0 Å². The molecule has 1 atom stereocenters. The minimum atomic E-state index is 0.263. The normalized spacial score (nSPS) is 13.6. The smallest absolute Gasteiger partial charge is 0.159 e. The molecule has 12 aromatic rings. The van der Waals surface area contributed by atoms with E-state index in [9.17, 15) is 0 Å². The second-order valence-corrected chi connectivity index (χ2v) is 17.5. The summed E-state index contributed by atoms with van der Waals surface area (Å²) in [5.74, 6) is 0.263. The molecule has 0 spiro atoms. The van der Waals surface area contributed by atoms with Crippen LogP contribution in [0.5, 0.6) is 0 Å². The van der Waals surface area contributed by atoms with E-state index in [1.54, 1.807) is 0 Å². The monoisotopic (exact) mass is 833 g/mol. The zero-order valence-electron chi connectivity index (χ0n) is 35.7. The third kappa shape index (κ3) is 6.26. The topological polar surface area (TPSA) is 29.5 Å². The van der Waals surface area contributed by atoms with E-state index in [2.05, 4.69) is 217 Å². The van der Waals surface area contributed by atoms with Gasteiger partial charge in [0.1, 0.15) is 16.7 Å². The number of hydrogen-bond acceptors (Lipinski definition) is 3. The molecule has 0 radical (unpaired) electrons. The highest BCUT2D eigenvalue weighted by Gasteiger charge is 2.29. The van der Waals surface area contributed by atoms with Crippen LogP contribution in [0.1, 0.15) is 29.0 Å². The average Bonchev–Trinajstić information content (AvgIpc) is 3.90. The van der Waals surface area contributed by atoms with Gasteiger partial charge in [0.25, 0.3) is 0 Å². The maximum Gasteiger partial charge on any atom is 0.159 e. The molecule has 1 aliphatic carbocycles. The lowest BCUT2D eigenvalue weighted by atomic mass is 9.82. The van der Waals surface area contributed by atoms with E-state index in [-0.39, 0.29) is 5.92 Å². The molecule has 65 heavy (non-hydrogen) atoms. The van der Waals surface area contributed by atoms with E-state index in [4.69, 9.17) is 8.83 Å². The lowest BCUT2D eigenvalue weighted by molar-refractivity contribution is 0.628. The Hall–Kier alpha value is -8.14. The van der Waals surface area contributed by atoms with E-state index in [1.165, 1.54) is 66.2 Å². The van der Waals surface area contributed by atoms with Gasteiger partial charge in [-0.05, 0) is 129 Å². The number of anilines is 3. The zero-order valence-corrected chi connectivity index (χ0v) is 35.7. The molecule has 2 aromatic heterocycles. The van der Waals surface area contributed by atoms with Crippen molar-refractivity contribution >= 4 is 71.7 Å². The molecule has 308 valence electrons. The Morgan fingerprint density at radius 3 is 1.94 bits per heavy atom. The molecular weight excluding hydrogens is 791 g/mol. The predicted molar refractivity (Wildman–Crippen MR) is 271 cm³/mol. The minimum absolute atomic E-state index is 0.263. The van der Waals surface area contributed by atoms with Crippen LogP contribution in [0.2, 0.25) is 0 Å². The highest BCUT2D eigenvalue weighted by atomic mass is 16.3. The van der Waals surface area contributed by atoms with Crippen molar-refractivity contribution < 1.29 is 8.83 Å². The van der Waals surface area contributed by atoms with Crippen LogP contribution < -0.4 is 4.90 Å².